The van der Waals surface area contributed by atoms with E-state index in [0.717, 1.165) is 0 Å². The molecule has 0 aliphatic rings. The summed E-state index contributed by atoms with van der Waals surface area (Å²) in [6.07, 6.45) is 0. The van der Waals surface area contributed by atoms with Crippen LogP contribution in [-0.2, 0) is 5.88 Å². The van der Waals surface area contributed by atoms with E-state index in [2.05, 4.69) is 32.9 Å². The molecule has 1 heteroatoms. The second-order valence-corrected chi connectivity index (χ2v) is 3.27. The highest BCUT2D eigenvalue weighted by Gasteiger charge is 2.00. The summed E-state index contributed by atoms with van der Waals surface area (Å²) in [5.74, 6) is 0.619. The summed E-state index contributed by atoms with van der Waals surface area (Å²) in [6, 6.07) is 4.33. The summed E-state index contributed by atoms with van der Waals surface area (Å²) in [5.41, 5.74) is 5.21. The third-order valence-electron chi connectivity index (χ3n) is 2.06. The second kappa shape index (κ2) is 3.27. The number of benzene rings is 1. The zero-order valence-corrected chi connectivity index (χ0v) is 8.00. The van der Waals surface area contributed by atoms with Gasteiger partial charge in [0.15, 0.2) is 0 Å². The Kier molecular flexibility index (Phi) is 2.56. The van der Waals surface area contributed by atoms with Crippen LogP contribution in [0.2, 0.25) is 0 Å². The SMILES string of the molecule is Cc1cc(C)c(C)c(CCl)c1. The van der Waals surface area contributed by atoms with E-state index in [1.807, 2.05) is 0 Å². The number of hydrogen-bond donors (Lipinski definition) is 0. The predicted molar refractivity (Wildman–Crippen MR) is 50.2 cm³/mol. The van der Waals surface area contributed by atoms with E-state index in [9.17, 15) is 0 Å². The quantitative estimate of drug-likeness (QED) is 0.565. The van der Waals surface area contributed by atoms with Gasteiger partial charge < -0.3 is 0 Å². The minimum Gasteiger partial charge on any atom is -0.122 e. The van der Waals surface area contributed by atoms with Gasteiger partial charge in [-0.25, -0.2) is 0 Å². The third kappa shape index (κ3) is 1.75. The molecule has 1 rings (SSSR count). The topological polar surface area (TPSA) is 0 Å². The van der Waals surface area contributed by atoms with Gasteiger partial charge in [-0.1, -0.05) is 17.7 Å². The summed E-state index contributed by atoms with van der Waals surface area (Å²) in [6.45, 7) is 6.34. The van der Waals surface area contributed by atoms with Gasteiger partial charge >= 0.3 is 0 Å². The Morgan fingerprint density at radius 3 is 2.36 bits per heavy atom. The molecule has 0 aromatic heterocycles. The monoisotopic (exact) mass is 168 g/mol. The molecule has 11 heavy (non-hydrogen) atoms. The molecule has 0 nitrogen and oxygen atoms in total. The molecule has 0 fully saturated rings. The maximum Gasteiger partial charge on any atom is 0.0476 e. The number of aryl methyl sites for hydroxylation is 2. The maximum atomic E-state index is 5.78. The summed E-state index contributed by atoms with van der Waals surface area (Å²) >= 11 is 5.78. The largest absolute Gasteiger partial charge is 0.122 e. The smallest absolute Gasteiger partial charge is 0.0476 e. The lowest BCUT2D eigenvalue weighted by Crippen LogP contribution is -1.90. The lowest BCUT2D eigenvalue weighted by Gasteiger charge is -2.06. The van der Waals surface area contributed by atoms with Gasteiger partial charge in [-0.2, -0.15) is 0 Å². The average Bonchev–Trinajstić information content (AvgIpc) is 1.96. The fraction of sp³-hybridized carbons (Fsp3) is 0.400. The van der Waals surface area contributed by atoms with Crippen molar-refractivity contribution >= 4 is 11.6 Å². The minimum absolute atomic E-state index is 0.619. The molecule has 0 N–H and O–H groups in total. The van der Waals surface area contributed by atoms with Crippen molar-refractivity contribution in [1.29, 1.82) is 0 Å². The Balaban J connectivity index is 3.24. The Morgan fingerprint density at radius 1 is 1.18 bits per heavy atom. The lowest BCUT2D eigenvalue weighted by atomic mass is 10.0. The Hall–Kier alpha value is -0.490. The van der Waals surface area contributed by atoms with Crippen LogP contribution in [0.1, 0.15) is 22.3 Å². The van der Waals surface area contributed by atoms with Crippen LogP contribution >= 0.6 is 11.6 Å². The summed E-state index contributed by atoms with van der Waals surface area (Å²) < 4.78 is 0. The highest BCUT2D eigenvalue weighted by molar-refractivity contribution is 6.17. The molecule has 0 bridgehead atoms. The predicted octanol–water partition coefficient (Wildman–Crippen LogP) is 3.35. The van der Waals surface area contributed by atoms with Crippen molar-refractivity contribution < 1.29 is 0 Å². The highest BCUT2D eigenvalue weighted by atomic mass is 35.5. The van der Waals surface area contributed by atoms with Crippen LogP contribution in [0.3, 0.4) is 0 Å². The molecule has 0 aliphatic heterocycles. The molecule has 0 atom stereocenters. The van der Waals surface area contributed by atoms with Crippen LogP contribution in [-0.4, -0.2) is 0 Å². The number of halogens is 1. The molecule has 0 unspecified atom stereocenters. The van der Waals surface area contributed by atoms with Crippen LogP contribution in [0, 0.1) is 20.8 Å². The Labute approximate surface area is 73.2 Å². The van der Waals surface area contributed by atoms with Gasteiger partial charge in [0, 0.05) is 5.88 Å². The third-order valence-corrected chi connectivity index (χ3v) is 2.35. The number of rotatable bonds is 1. The van der Waals surface area contributed by atoms with Crippen molar-refractivity contribution in [2.45, 2.75) is 26.7 Å². The average molecular weight is 169 g/mol. The first-order valence-corrected chi connectivity index (χ1v) is 4.31. The molecular formula is C10H13Cl. The molecule has 0 saturated carbocycles. The van der Waals surface area contributed by atoms with Gasteiger partial charge in [0.05, 0.1) is 0 Å². The van der Waals surface area contributed by atoms with Gasteiger partial charge in [0.2, 0.25) is 0 Å². The van der Waals surface area contributed by atoms with Crippen molar-refractivity contribution in [1.82, 2.24) is 0 Å². The van der Waals surface area contributed by atoms with Crippen molar-refractivity contribution in [3.05, 3.63) is 34.4 Å². The van der Waals surface area contributed by atoms with E-state index in [1.54, 1.807) is 0 Å². The molecule has 1 aromatic rings. The molecule has 1 aromatic carbocycles. The van der Waals surface area contributed by atoms with Crippen molar-refractivity contribution in [2.24, 2.45) is 0 Å². The summed E-state index contributed by atoms with van der Waals surface area (Å²) in [4.78, 5) is 0. The number of hydrogen-bond acceptors (Lipinski definition) is 0. The van der Waals surface area contributed by atoms with E-state index in [-0.39, 0.29) is 0 Å². The van der Waals surface area contributed by atoms with Crippen LogP contribution in [0.25, 0.3) is 0 Å². The number of alkyl halides is 1. The molecular weight excluding hydrogens is 156 g/mol. The van der Waals surface area contributed by atoms with Crippen molar-refractivity contribution in [3.63, 3.8) is 0 Å². The van der Waals surface area contributed by atoms with Gasteiger partial charge in [-0.3, -0.25) is 0 Å². The summed E-state index contributed by atoms with van der Waals surface area (Å²) in [7, 11) is 0. The standard InChI is InChI=1S/C10H13Cl/c1-7-4-8(2)9(3)10(5-7)6-11/h4-5H,6H2,1-3H3. The molecule has 0 heterocycles. The van der Waals surface area contributed by atoms with E-state index >= 15 is 0 Å². The fourth-order valence-electron chi connectivity index (χ4n) is 1.27. The van der Waals surface area contributed by atoms with Crippen LogP contribution in [0.5, 0.6) is 0 Å². The molecule has 0 aliphatic carbocycles. The molecule has 60 valence electrons. The molecule has 0 saturated heterocycles. The van der Waals surface area contributed by atoms with E-state index in [0.29, 0.717) is 5.88 Å². The first kappa shape index (κ1) is 8.61. The zero-order chi connectivity index (χ0) is 8.43. The van der Waals surface area contributed by atoms with Crippen LogP contribution < -0.4 is 0 Å². The Bertz CT molecular complexity index is 264. The molecule has 0 radical (unpaired) electrons. The van der Waals surface area contributed by atoms with E-state index in [4.69, 9.17) is 11.6 Å². The van der Waals surface area contributed by atoms with Gasteiger partial charge in [0.25, 0.3) is 0 Å². The highest BCUT2D eigenvalue weighted by Crippen LogP contribution is 2.17. The maximum absolute atomic E-state index is 5.78. The zero-order valence-electron chi connectivity index (χ0n) is 7.24. The minimum atomic E-state index is 0.619. The Morgan fingerprint density at radius 2 is 1.82 bits per heavy atom. The van der Waals surface area contributed by atoms with Gasteiger partial charge in [-0.05, 0) is 37.5 Å². The molecule has 0 amide bonds. The normalized spacial score (nSPS) is 10.2. The van der Waals surface area contributed by atoms with E-state index in [1.165, 1.54) is 22.3 Å². The van der Waals surface area contributed by atoms with E-state index < -0.39 is 0 Å². The van der Waals surface area contributed by atoms with Crippen molar-refractivity contribution in [3.8, 4) is 0 Å². The van der Waals surface area contributed by atoms with Crippen LogP contribution in [0.15, 0.2) is 12.1 Å². The summed E-state index contributed by atoms with van der Waals surface area (Å²) in [5, 5.41) is 0. The van der Waals surface area contributed by atoms with Gasteiger partial charge in [0.1, 0.15) is 0 Å². The lowest BCUT2D eigenvalue weighted by molar-refractivity contribution is 1.21. The second-order valence-electron chi connectivity index (χ2n) is 3.00. The fourth-order valence-corrected chi connectivity index (χ4v) is 1.54. The first-order valence-electron chi connectivity index (χ1n) is 3.78. The first-order chi connectivity index (χ1) is 5.15. The molecule has 0 spiro atoms. The van der Waals surface area contributed by atoms with Crippen LogP contribution in [0.4, 0.5) is 0 Å². The van der Waals surface area contributed by atoms with Crippen molar-refractivity contribution in [2.75, 3.05) is 0 Å². The van der Waals surface area contributed by atoms with Gasteiger partial charge in [-0.15, -0.1) is 11.6 Å².